The summed E-state index contributed by atoms with van der Waals surface area (Å²) in [5, 5.41) is 3.25. The zero-order valence-corrected chi connectivity index (χ0v) is 13.4. The second kappa shape index (κ2) is 5.76. The number of nitrogens with zero attached hydrogens (tertiary/aromatic N) is 1. The lowest BCUT2D eigenvalue weighted by molar-refractivity contribution is -0.664. The number of thioether (sulfide) groups is 1. The van der Waals surface area contributed by atoms with Gasteiger partial charge in [0.25, 0.3) is 5.91 Å². The maximum absolute atomic E-state index is 12.8. The maximum atomic E-state index is 12.8. The number of benzene rings is 1. The van der Waals surface area contributed by atoms with Gasteiger partial charge in [0.1, 0.15) is 0 Å². The Balaban J connectivity index is 1.87. The van der Waals surface area contributed by atoms with Crippen LogP contribution in [0.5, 0.6) is 0 Å². The average Bonchev–Trinajstić information content (AvgIpc) is 2.85. The van der Waals surface area contributed by atoms with Gasteiger partial charge in [-0.15, -0.1) is 11.8 Å². The molecule has 0 bridgehead atoms. The Morgan fingerprint density at radius 1 is 1.25 bits per heavy atom. The Morgan fingerprint density at radius 3 is 2.70 bits per heavy atom. The van der Waals surface area contributed by atoms with Gasteiger partial charge in [0, 0.05) is 30.7 Å². The summed E-state index contributed by atoms with van der Waals surface area (Å²) >= 11 is 13.9. The van der Waals surface area contributed by atoms with Crippen molar-refractivity contribution in [2.24, 2.45) is 0 Å². The number of amides is 1. The van der Waals surface area contributed by atoms with Crippen molar-refractivity contribution in [3.8, 4) is 0 Å². The van der Waals surface area contributed by atoms with Crippen LogP contribution in [0.3, 0.4) is 0 Å². The molecule has 3 rings (SSSR count). The van der Waals surface area contributed by atoms with Gasteiger partial charge >= 0.3 is 0 Å². The molecule has 0 aliphatic carbocycles. The minimum atomic E-state index is -0.00204. The number of hydrogen-bond acceptors (Lipinski definition) is 2. The van der Waals surface area contributed by atoms with Crippen LogP contribution in [0, 0.1) is 0 Å². The molecule has 1 amide bonds. The fourth-order valence-electron chi connectivity index (χ4n) is 3.02. The van der Waals surface area contributed by atoms with E-state index in [0.29, 0.717) is 15.6 Å². The molecule has 1 spiro atoms. The highest BCUT2D eigenvalue weighted by atomic mass is 35.5. The van der Waals surface area contributed by atoms with E-state index in [1.165, 1.54) is 0 Å². The van der Waals surface area contributed by atoms with E-state index in [4.69, 9.17) is 23.2 Å². The Labute approximate surface area is 133 Å². The molecule has 3 nitrogen and oxygen atoms in total. The van der Waals surface area contributed by atoms with Crippen molar-refractivity contribution in [2.45, 2.75) is 17.7 Å². The lowest BCUT2D eigenvalue weighted by Gasteiger charge is -2.39. The normalized spacial score (nSPS) is 21.4. The second-order valence-electron chi connectivity index (χ2n) is 5.25. The molecule has 1 aromatic carbocycles. The fourth-order valence-corrected chi connectivity index (χ4v) is 4.83. The van der Waals surface area contributed by atoms with E-state index in [1.807, 2.05) is 16.7 Å². The van der Waals surface area contributed by atoms with Crippen LogP contribution in [-0.4, -0.2) is 41.1 Å². The zero-order valence-electron chi connectivity index (χ0n) is 11.1. The monoisotopic (exact) mass is 331 g/mol. The van der Waals surface area contributed by atoms with Crippen molar-refractivity contribution >= 4 is 40.9 Å². The highest BCUT2D eigenvalue weighted by molar-refractivity contribution is 8.00. The van der Waals surface area contributed by atoms with Gasteiger partial charge in [0.2, 0.25) is 0 Å². The molecule has 2 N–H and O–H groups in total. The van der Waals surface area contributed by atoms with E-state index in [2.05, 4.69) is 5.32 Å². The first kappa shape index (κ1) is 14.5. The molecule has 108 valence electrons. The largest absolute Gasteiger partial charge is 0.346 e. The molecule has 0 unspecified atom stereocenters. The summed E-state index contributed by atoms with van der Waals surface area (Å²) in [5.74, 6) is 1.10. The topological polar surface area (TPSA) is 36.9 Å². The summed E-state index contributed by atoms with van der Waals surface area (Å²) in [4.78, 5) is 14.8. The molecule has 0 atom stereocenters. The highest BCUT2D eigenvalue weighted by Gasteiger charge is 2.46. The van der Waals surface area contributed by atoms with E-state index in [1.54, 1.807) is 18.2 Å². The molecule has 2 saturated heterocycles. The zero-order chi connectivity index (χ0) is 14.2. The van der Waals surface area contributed by atoms with Crippen LogP contribution in [0.15, 0.2) is 18.2 Å². The van der Waals surface area contributed by atoms with E-state index in [9.17, 15) is 4.79 Å². The molecule has 2 heterocycles. The van der Waals surface area contributed by atoms with E-state index >= 15 is 0 Å². The van der Waals surface area contributed by atoms with Crippen LogP contribution in [0.2, 0.25) is 10.0 Å². The van der Waals surface area contributed by atoms with Crippen molar-refractivity contribution in [1.29, 1.82) is 0 Å². The Kier molecular flexibility index (Phi) is 4.18. The van der Waals surface area contributed by atoms with Gasteiger partial charge in [-0.25, -0.2) is 0 Å². The number of nitrogens with two attached hydrogens (primary N) is 1. The SMILES string of the molecule is O=C(c1ccc(Cl)c(Cl)c1)N1CCSC12CC[NH2+]CC2. The standard InChI is InChI=1S/C14H16Cl2N2OS/c15-11-2-1-10(9-12(11)16)13(19)18-7-8-20-14(18)3-5-17-6-4-14/h1-2,9,17H,3-8H2/p+1. The third-order valence-corrected chi connectivity index (χ3v) is 6.36. The molecule has 20 heavy (non-hydrogen) atoms. The van der Waals surface area contributed by atoms with Gasteiger partial charge < -0.3 is 10.2 Å². The maximum Gasteiger partial charge on any atom is 0.255 e. The molecule has 6 heteroatoms. The highest BCUT2D eigenvalue weighted by Crippen LogP contribution is 2.42. The van der Waals surface area contributed by atoms with Crippen LogP contribution in [0.1, 0.15) is 23.2 Å². The third-order valence-electron chi connectivity index (χ3n) is 4.07. The summed E-state index contributed by atoms with van der Waals surface area (Å²) < 4.78 is 0. The van der Waals surface area contributed by atoms with Gasteiger partial charge in [-0.1, -0.05) is 23.2 Å². The first-order chi connectivity index (χ1) is 9.62. The van der Waals surface area contributed by atoms with E-state index < -0.39 is 0 Å². The third kappa shape index (κ3) is 2.54. The molecule has 0 saturated carbocycles. The summed E-state index contributed by atoms with van der Waals surface area (Å²) in [5.41, 5.74) is 0.635. The number of rotatable bonds is 1. The molecule has 1 aromatic rings. The number of hydrogen-bond donors (Lipinski definition) is 1. The van der Waals surface area contributed by atoms with Crippen LogP contribution in [-0.2, 0) is 0 Å². The van der Waals surface area contributed by atoms with Gasteiger partial charge in [0.15, 0.2) is 0 Å². The molecular formula is C14H17Cl2N2OS+. The number of carbonyl (C=O) groups is 1. The number of halogens is 2. The van der Waals surface area contributed by atoms with E-state index in [0.717, 1.165) is 38.2 Å². The molecular weight excluding hydrogens is 315 g/mol. The molecule has 2 fully saturated rings. The fraction of sp³-hybridized carbons (Fsp3) is 0.500. The summed E-state index contributed by atoms with van der Waals surface area (Å²) in [7, 11) is 0. The number of quaternary nitrogens is 1. The summed E-state index contributed by atoms with van der Waals surface area (Å²) in [6.07, 6.45) is 2.12. The van der Waals surface area contributed by atoms with Crippen molar-refractivity contribution in [1.82, 2.24) is 4.90 Å². The van der Waals surface area contributed by atoms with Gasteiger partial charge in [-0.3, -0.25) is 4.79 Å². The van der Waals surface area contributed by atoms with Crippen molar-refractivity contribution in [3.63, 3.8) is 0 Å². The molecule has 2 aliphatic heterocycles. The Hall–Kier alpha value is -0.420. The minimum Gasteiger partial charge on any atom is -0.346 e. The molecule has 2 aliphatic rings. The van der Waals surface area contributed by atoms with Crippen molar-refractivity contribution in [3.05, 3.63) is 33.8 Å². The van der Waals surface area contributed by atoms with Crippen LogP contribution in [0.4, 0.5) is 0 Å². The van der Waals surface area contributed by atoms with Crippen molar-refractivity contribution in [2.75, 3.05) is 25.4 Å². The van der Waals surface area contributed by atoms with Crippen molar-refractivity contribution < 1.29 is 10.1 Å². The van der Waals surface area contributed by atoms with E-state index in [-0.39, 0.29) is 10.8 Å². The van der Waals surface area contributed by atoms with Gasteiger partial charge in [0.05, 0.1) is 28.0 Å². The Bertz CT molecular complexity index is 532. The predicted molar refractivity (Wildman–Crippen MR) is 83.6 cm³/mol. The van der Waals surface area contributed by atoms with Crippen LogP contribution < -0.4 is 5.32 Å². The number of carbonyl (C=O) groups excluding carboxylic acids is 1. The van der Waals surface area contributed by atoms with Crippen LogP contribution in [0.25, 0.3) is 0 Å². The van der Waals surface area contributed by atoms with Gasteiger partial charge in [-0.05, 0) is 18.2 Å². The smallest absolute Gasteiger partial charge is 0.255 e. The van der Waals surface area contributed by atoms with Crippen LogP contribution >= 0.6 is 35.0 Å². The Morgan fingerprint density at radius 2 is 2.00 bits per heavy atom. The quantitative estimate of drug-likeness (QED) is 0.856. The average molecular weight is 332 g/mol. The second-order valence-corrected chi connectivity index (χ2v) is 7.52. The predicted octanol–water partition coefficient (Wildman–Crippen LogP) is 2.24. The summed E-state index contributed by atoms with van der Waals surface area (Å²) in [6.45, 7) is 3.01. The summed E-state index contributed by atoms with van der Waals surface area (Å²) in [6, 6.07) is 5.14. The first-order valence-electron chi connectivity index (χ1n) is 6.85. The molecule has 0 radical (unpaired) electrons. The minimum absolute atomic E-state index is 0.00204. The van der Waals surface area contributed by atoms with Gasteiger partial charge in [-0.2, -0.15) is 0 Å². The molecule has 0 aromatic heterocycles. The lowest BCUT2D eigenvalue weighted by Crippen LogP contribution is -2.88. The lowest BCUT2D eigenvalue weighted by atomic mass is 10.0. The first-order valence-corrected chi connectivity index (χ1v) is 8.59. The number of piperidine rings is 1.